The van der Waals surface area contributed by atoms with Gasteiger partial charge in [0.05, 0.1) is 16.8 Å². The van der Waals surface area contributed by atoms with Gasteiger partial charge in [0.25, 0.3) is 0 Å². The molecule has 0 bridgehead atoms. The molecule has 1 aromatic rings. The Hall–Kier alpha value is -1.80. The van der Waals surface area contributed by atoms with Crippen LogP contribution in [0.1, 0.15) is 43.9 Å². The number of carboxylic acids is 1. The second-order valence-corrected chi connectivity index (χ2v) is 6.84. The largest absolute Gasteiger partial charge is 0.493 e. The summed E-state index contributed by atoms with van der Waals surface area (Å²) in [6.07, 6.45) is 6.90. The molecule has 1 aliphatic heterocycles. The number of unbranched alkanes of at least 4 members (excludes halogenated alkanes) is 1. The van der Waals surface area contributed by atoms with Gasteiger partial charge in [-0.25, -0.2) is 9.98 Å². The predicted octanol–water partition coefficient (Wildman–Crippen LogP) is 3.86. The third-order valence-corrected chi connectivity index (χ3v) is 4.69. The number of hydrogen-bond acceptors (Lipinski definition) is 6. The minimum atomic E-state index is -0.857. The molecule has 6 nitrogen and oxygen atoms in total. The van der Waals surface area contributed by atoms with Crippen LogP contribution in [0.25, 0.3) is 6.08 Å². The fraction of sp³-hybridized carbons (Fsp3) is 0.467. The molecular formula is C15H19N3O3S2. The van der Waals surface area contributed by atoms with Crippen LogP contribution in [0.5, 0.6) is 5.88 Å². The van der Waals surface area contributed by atoms with Gasteiger partial charge in [0.1, 0.15) is 5.84 Å². The smallest absolute Gasteiger partial charge is 0.303 e. The Morgan fingerprint density at radius 1 is 1.48 bits per heavy atom. The Morgan fingerprint density at radius 2 is 2.26 bits per heavy atom. The molecule has 0 radical (unpaired) electrons. The maximum absolute atomic E-state index is 10.6. The van der Waals surface area contributed by atoms with Crippen LogP contribution in [0.4, 0.5) is 0 Å². The lowest BCUT2D eigenvalue weighted by Gasteiger charge is -2.02. The monoisotopic (exact) mass is 353 g/mol. The number of carbonyl (C=O) groups is 1. The minimum Gasteiger partial charge on any atom is -0.493 e. The van der Waals surface area contributed by atoms with Gasteiger partial charge in [0.2, 0.25) is 5.88 Å². The molecule has 1 aromatic heterocycles. The Labute approximate surface area is 143 Å². The van der Waals surface area contributed by atoms with Crippen LogP contribution < -0.4 is 0 Å². The lowest BCUT2D eigenvalue weighted by Crippen LogP contribution is -2.01. The molecule has 124 valence electrons. The summed E-state index contributed by atoms with van der Waals surface area (Å²) in [5, 5.41) is 18.9. The molecule has 0 atom stereocenters. The van der Waals surface area contributed by atoms with Crippen molar-refractivity contribution in [2.45, 2.75) is 45.6 Å². The van der Waals surface area contributed by atoms with Crippen molar-refractivity contribution in [3.8, 4) is 5.88 Å². The Kier molecular flexibility index (Phi) is 6.23. The quantitative estimate of drug-likeness (QED) is 0.695. The highest BCUT2D eigenvalue weighted by molar-refractivity contribution is 7.73. The third kappa shape index (κ3) is 4.84. The lowest BCUT2D eigenvalue weighted by molar-refractivity contribution is -0.137. The van der Waals surface area contributed by atoms with Gasteiger partial charge in [-0.1, -0.05) is 13.3 Å². The summed E-state index contributed by atoms with van der Waals surface area (Å²) >= 11 is 6.51. The molecule has 1 aliphatic rings. The van der Waals surface area contributed by atoms with Crippen LogP contribution in [0, 0.1) is 3.95 Å². The molecule has 0 spiro atoms. The molecule has 0 amide bonds. The highest BCUT2D eigenvalue weighted by Crippen LogP contribution is 2.29. The zero-order valence-corrected chi connectivity index (χ0v) is 14.5. The molecule has 0 fully saturated rings. The van der Waals surface area contributed by atoms with E-state index in [0.29, 0.717) is 27.5 Å². The minimum absolute atomic E-state index is 0.0468. The maximum Gasteiger partial charge on any atom is 0.303 e. The number of allylic oxidation sites excluding steroid dienone is 1. The Bertz CT molecular complexity index is 729. The maximum atomic E-state index is 10.6. The highest BCUT2D eigenvalue weighted by atomic mass is 32.1. The summed E-state index contributed by atoms with van der Waals surface area (Å²) in [6, 6.07) is 0. The van der Waals surface area contributed by atoms with Crippen molar-refractivity contribution < 1.29 is 15.0 Å². The highest BCUT2D eigenvalue weighted by Gasteiger charge is 2.13. The SMILES string of the molecule is CCCCC1=NC(=Cc2sc(=S)n(CCCC(=O)O)c2O)C=N1. The zero-order valence-electron chi connectivity index (χ0n) is 12.9. The molecule has 0 saturated heterocycles. The summed E-state index contributed by atoms with van der Waals surface area (Å²) in [7, 11) is 0. The van der Waals surface area contributed by atoms with Crippen molar-refractivity contribution in [2.75, 3.05) is 0 Å². The molecule has 0 unspecified atom stereocenters. The average molecular weight is 353 g/mol. The number of rotatable bonds is 8. The summed E-state index contributed by atoms with van der Waals surface area (Å²) in [5.74, 6) is 0.00951. The lowest BCUT2D eigenvalue weighted by atomic mass is 10.2. The molecule has 0 saturated carbocycles. The first-order valence-electron chi connectivity index (χ1n) is 7.49. The molecule has 0 aliphatic carbocycles. The van der Waals surface area contributed by atoms with Crippen LogP contribution >= 0.6 is 23.6 Å². The first-order chi connectivity index (χ1) is 11.0. The normalized spacial score (nSPS) is 15.3. The van der Waals surface area contributed by atoms with E-state index in [1.54, 1.807) is 16.9 Å². The van der Waals surface area contributed by atoms with Crippen LogP contribution in [0.15, 0.2) is 15.7 Å². The van der Waals surface area contributed by atoms with E-state index in [0.717, 1.165) is 25.1 Å². The van der Waals surface area contributed by atoms with Gasteiger partial charge in [-0.2, -0.15) is 0 Å². The fourth-order valence-corrected chi connectivity index (χ4v) is 3.40. The molecule has 23 heavy (non-hydrogen) atoms. The van der Waals surface area contributed by atoms with Crippen LogP contribution in [-0.2, 0) is 11.3 Å². The molecule has 8 heteroatoms. The number of nitrogens with zero attached hydrogens (tertiary/aromatic N) is 3. The van der Waals surface area contributed by atoms with Gasteiger partial charge in [-0.3, -0.25) is 9.36 Å². The number of aromatic hydroxyl groups is 1. The number of carboxylic acid groups (broad SMARTS) is 1. The molecule has 0 aromatic carbocycles. The number of aliphatic imine (C=N–C) groups is 2. The average Bonchev–Trinajstić information content (AvgIpc) is 3.04. The van der Waals surface area contributed by atoms with E-state index >= 15 is 0 Å². The van der Waals surface area contributed by atoms with E-state index in [-0.39, 0.29) is 12.3 Å². The summed E-state index contributed by atoms with van der Waals surface area (Å²) in [4.78, 5) is 19.9. The number of aliphatic carboxylic acids is 1. The van der Waals surface area contributed by atoms with Crippen molar-refractivity contribution in [1.29, 1.82) is 0 Å². The van der Waals surface area contributed by atoms with Crippen molar-refractivity contribution in [1.82, 2.24) is 4.57 Å². The molecule has 2 heterocycles. The second kappa shape index (κ2) is 8.16. The summed E-state index contributed by atoms with van der Waals surface area (Å²) in [6.45, 7) is 2.50. The fourth-order valence-electron chi connectivity index (χ4n) is 2.10. The molecule has 2 rings (SSSR count). The van der Waals surface area contributed by atoms with Crippen LogP contribution in [0.3, 0.4) is 0 Å². The number of hydrogen-bond donors (Lipinski definition) is 2. The van der Waals surface area contributed by atoms with Crippen LogP contribution in [-0.4, -0.2) is 32.8 Å². The van der Waals surface area contributed by atoms with Gasteiger partial charge in [0, 0.05) is 19.4 Å². The van der Waals surface area contributed by atoms with Crippen LogP contribution in [0.2, 0.25) is 0 Å². The van der Waals surface area contributed by atoms with Gasteiger partial charge in [0.15, 0.2) is 3.95 Å². The topological polar surface area (TPSA) is 87.2 Å². The number of aromatic nitrogens is 1. The molecule has 2 N–H and O–H groups in total. The van der Waals surface area contributed by atoms with Crippen molar-refractivity contribution in [3.05, 3.63) is 14.5 Å². The Morgan fingerprint density at radius 3 is 2.96 bits per heavy atom. The van der Waals surface area contributed by atoms with E-state index in [4.69, 9.17) is 17.3 Å². The number of thiazole rings is 1. The van der Waals surface area contributed by atoms with E-state index in [9.17, 15) is 9.90 Å². The predicted molar refractivity (Wildman–Crippen MR) is 95.1 cm³/mol. The second-order valence-electron chi connectivity index (χ2n) is 5.16. The molecular weight excluding hydrogens is 334 g/mol. The number of amidine groups is 1. The van der Waals surface area contributed by atoms with Gasteiger partial charge < -0.3 is 10.2 Å². The van der Waals surface area contributed by atoms with Gasteiger partial charge >= 0.3 is 5.97 Å². The van der Waals surface area contributed by atoms with E-state index in [2.05, 4.69) is 16.9 Å². The summed E-state index contributed by atoms with van der Waals surface area (Å²) in [5.41, 5.74) is 0.695. The van der Waals surface area contributed by atoms with Crippen molar-refractivity contribution in [3.63, 3.8) is 0 Å². The zero-order chi connectivity index (χ0) is 16.8. The first-order valence-corrected chi connectivity index (χ1v) is 8.71. The van der Waals surface area contributed by atoms with Gasteiger partial charge in [-0.15, -0.1) is 11.3 Å². The summed E-state index contributed by atoms with van der Waals surface area (Å²) < 4.78 is 2.08. The third-order valence-electron chi connectivity index (χ3n) is 3.30. The Balaban J connectivity index is 2.11. The van der Waals surface area contributed by atoms with Crippen molar-refractivity contribution >= 4 is 47.7 Å². The van der Waals surface area contributed by atoms with E-state index in [1.807, 2.05) is 0 Å². The first kappa shape index (κ1) is 17.6. The van der Waals surface area contributed by atoms with E-state index in [1.165, 1.54) is 11.3 Å². The standard InChI is InChI=1S/C15H19N3O3S2/c1-2-3-5-12-16-9-10(17-12)8-11-14(21)18(15(22)23-11)7-4-6-13(19)20/h8-9,21H,2-7H2,1H3,(H,19,20). The van der Waals surface area contributed by atoms with Crippen molar-refractivity contribution in [2.24, 2.45) is 9.98 Å². The van der Waals surface area contributed by atoms with Gasteiger partial charge in [-0.05, 0) is 31.1 Å². The van der Waals surface area contributed by atoms with E-state index < -0.39 is 5.97 Å².